The molecule has 0 aliphatic carbocycles. The number of benzene rings is 1. The highest BCUT2D eigenvalue weighted by Crippen LogP contribution is 2.34. The molecule has 0 spiro atoms. The van der Waals surface area contributed by atoms with Crippen LogP contribution in [0, 0.1) is 0 Å². The molecule has 2 aliphatic rings. The molecule has 4 rings (SSSR count). The number of carbonyl (C=O) groups excluding carboxylic acids is 1. The summed E-state index contributed by atoms with van der Waals surface area (Å²) < 4.78 is 1.27. The maximum absolute atomic E-state index is 13.0. The van der Waals surface area contributed by atoms with Gasteiger partial charge in [0.2, 0.25) is 0 Å². The second kappa shape index (κ2) is 5.77. The summed E-state index contributed by atoms with van der Waals surface area (Å²) in [7, 11) is 4.04. The zero-order valence-corrected chi connectivity index (χ0v) is 14.2. The molecule has 24 heavy (non-hydrogen) atoms. The lowest BCUT2D eigenvalue weighted by Gasteiger charge is -2.49. The number of imidazole rings is 1. The highest BCUT2D eigenvalue weighted by atomic mass is 16.2. The number of nitrogens with zero attached hydrogens (tertiary/aromatic N) is 3. The van der Waals surface area contributed by atoms with Crippen LogP contribution in [0.3, 0.4) is 0 Å². The summed E-state index contributed by atoms with van der Waals surface area (Å²) in [5.74, 6) is 0. The van der Waals surface area contributed by atoms with Gasteiger partial charge in [-0.1, -0.05) is 18.6 Å². The van der Waals surface area contributed by atoms with Crippen molar-refractivity contribution in [1.82, 2.24) is 19.4 Å². The van der Waals surface area contributed by atoms with Gasteiger partial charge in [0.25, 0.3) is 0 Å². The number of nitrogens with one attached hydrogen (secondary N) is 1. The van der Waals surface area contributed by atoms with E-state index >= 15 is 0 Å². The molecule has 2 fully saturated rings. The molecule has 3 heterocycles. The van der Waals surface area contributed by atoms with Crippen molar-refractivity contribution >= 4 is 17.1 Å². The van der Waals surface area contributed by atoms with Crippen molar-refractivity contribution in [2.45, 2.75) is 50.2 Å². The molecule has 128 valence electrons. The smallest absolute Gasteiger partial charge is 0.324 e. The number of aromatic nitrogens is 2. The fourth-order valence-electron chi connectivity index (χ4n) is 4.46. The fraction of sp³-hybridized carbons (Fsp3) is 0.556. The lowest BCUT2D eigenvalue weighted by Crippen LogP contribution is -2.56. The first-order chi connectivity index (χ1) is 11.6. The molecule has 3 atom stereocenters. The first-order valence-corrected chi connectivity index (χ1v) is 8.75. The summed E-state index contributed by atoms with van der Waals surface area (Å²) in [6.07, 6.45) is 5.68. The first-order valence-electron chi connectivity index (χ1n) is 8.75. The number of hydrogen-bond donors (Lipinski definition) is 1. The molecule has 0 saturated carbocycles. The molecule has 2 aliphatic heterocycles. The van der Waals surface area contributed by atoms with Gasteiger partial charge in [0, 0.05) is 25.2 Å². The van der Waals surface area contributed by atoms with Crippen LogP contribution in [0.1, 0.15) is 32.1 Å². The summed E-state index contributed by atoms with van der Waals surface area (Å²) in [6, 6.07) is 8.40. The van der Waals surface area contributed by atoms with Gasteiger partial charge in [-0.3, -0.25) is 0 Å². The van der Waals surface area contributed by atoms with Gasteiger partial charge in [-0.25, -0.2) is 14.2 Å². The van der Waals surface area contributed by atoms with E-state index in [1.807, 2.05) is 31.3 Å². The molecule has 6 nitrogen and oxygen atoms in total. The fourth-order valence-corrected chi connectivity index (χ4v) is 4.46. The Kier molecular flexibility index (Phi) is 3.72. The Morgan fingerprint density at radius 2 is 1.88 bits per heavy atom. The minimum atomic E-state index is -0.360. The minimum absolute atomic E-state index is 0.199. The van der Waals surface area contributed by atoms with Crippen LogP contribution in [-0.4, -0.2) is 57.6 Å². The number of rotatable bonds is 1. The average molecular weight is 328 g/mol. The highest BCUT2D eigenvalue weighted by Gasteiger charge is 2.39. The van der Waals surface area contributed by atoms with Crippen LogP contribution >= 0.6 is 0 Å². The number of hydrogen-bond acceptors (Lipinski definition) is 3. The van der Waals surface area contributed by atoms with Crippen molar-refractivity contribution in [3.05, 3.63) is 34.7 Å². The van der Waals surface area contributed by atoms with Crippen LogP contribution in [-0.2, 0) is 0 Å². The zero-order valence-electron chi connectivity index (χ0n) is 14.2. The van der Waals surface area contributed by atoms with E-state index < -0.39 is 0 Å². The molecule has 6 heteroatoms. The van der Waals surface area contributed by atoms with Crippen LogP contribution < -0.4 is 5.69 Å². The molecule has 1 aromatic carbocycles. The maximum Gasteiger partial charge on any atom is 0.334 e. The predicted molar refractivity (Wildman–Crippen MR) is 93.3 cm³/mol. The van der Waals surface area contributed by atoms with Gasteiger partial charge in [-0.05, 0) is 44.9 Å². The van der Waals surface area contributed by atoms with Gasteiger partial charge in [-0.15, -0.1) is 0 Å². The maximum atomic E-state index is 13.0. The van der Waals surface area contributed by atoms with E-state index in [0.29, 0.717) is 23.1 Å². The number of H-pyrrole nitrogens is 1. The van der Waals surface area contributed by atoms with Crippen molar-refractivity contribution in [3.63, 3.8) is 0 Å². The van der Waals surface area contributed by atoms with Crippen molar-refractivity contribution in [2.75, 3.05) is 14.1 Å². The van der Waals surface area contributed by atoms with Crippen LogP contribution in [0.4, 0.5) is 4.79 Å². The topological polar surface area (TPSA) is 61.3 Å². The summed E-state index contributed by atoms with van der Waals surface area (Å²) >= 11 is 0. The van der Waals surface area contributed by atoms with E-state index in [0.717, 1.165) is 12.8 Å². The second-order valence-electron chi connectivity index (χ2n) is 7.21. The van der Waals surface area contributed by atoms with Crippen LogP contribution in [0.15, 0.2) is 29.1 Å². The predicted octanol–water partition coefficient (Wildman–Crippen LogP) is 2.24. The zero-order chi connectivity index (χ0) is 16.8. The van der Waals surface area contributed by atoms with E-state index in [1.165, 1.54) is 23.8 Å². The molecule has 2 bridgehead atoms. The van der Waals surface area contributed by atoms with E-state index in [1.54, 1.807) is 4.90 Å². The standard InChI is InChI=1S/C18H24N4O2/c1-20-12-6-5-7-13(20)11-14(10-12)21(2)18(24)22-16-9-4-3-8-15(16)19-17(22)23/h3-4,8-9,12-14H,5-7,10-11H2,1-2H3,(H,19,23)/t12-,13+,14?. The molecule has 1 aromatic heterocycles. The van der Waals surface area contributed by atoms with Crippen LogP contribution in [0.25, 0.3) is 11.0 Å². The van der Waals surface area contributed by atoms with Crippen molar-refractivity contribution in [2.24, 2.45) is 0 Å². The van der Waals surface area contributed by atoms with Crippen LogP contribution in [0.5, 0.6) is 0 Å². The van der Waals surface area contributed by atoms with E-state index in [2.05, 4.69) is 16.9 Å². The Labute approximate surface area is 141 Å². The lowest BCUT2D eigenvalue weighted by atomic mass is 9.82. The van der Waals surface area contributed by atoms with E-state index in [9.17, 15) is 9.59 Å². The third-order valence-electron chi connectivity index (χ3n) is 5.95. The molecule has 2 aromatic rings. The quantitative estimate of drug-likeness (QED) is 0.873. The summed E-state index contributed by atoms with van der Waals surface area (Å²) in [5.41, 5.74) is 0.984. The molecule has 1 amide bonds. The van der Waals surface area contributed by atoms with Gasteiger partial charge in [0.15, 0.2) is 0 Å². The number of aromatic amines is 1. The van der Waals surface area contributed by atoms with Gasteiger partial charge in [0.1, 0.15) is 0 Å². The number of para-hydroxylation sites is 2. The molecule has 2 saturated heterocycles. The third-order valence-corrected chi connectivity index (χ3v) is 5.95. The van der Waals surface area contributed by atoms with Gasteiger partial charge < -0.3 is 14.8 Å². The molecule has 1 N–H and O–H groups in total. The minimum Gasteiger partial charge on any atom is -0.324 e. The lowest BCUT2D eigenvalue weighted by molar-refractivity contribution is 0.0260. The second-order valence-corrected chi connectivity index (χ2v) is 7.21. The van der Waals surface area contributed by atoms with Crippen molar-refractivity contribution in [3.8, 4) is 0 Å². The molecule has 0 radical (unpaired) electrons. The number of fused-ring (bicyclic) bond motifs is 3. The third kappa shape index (κ3) is 2.36. The van der Waals surface area contributed by atoms with Gasteiger partial charge in [-0.2, -0.15) is 0 Å². The Morgan fingerprint density at radius 1 is 1.21 bits per heavy atom. The average Bonchev–Trinajstić information content (AvgIpc) is 2.89. The first kappa shape index (κ1) is 15.4. The number of amides is 1. The Hall–Kier alpha value is -2.08. The van der Waals surface area contributed by atoms with Gasteiger partial charge >= 0.3 is 11.7 Å². The molecule has 1 unspecified atom stereocenters. The highest BCUT2D eigenvalue weighted by molar-refractivity contribution is 5.89. The Bertz CT molecular complexity index is 810. The Morgan fingerprint density at radius 3 is 2.58 bits per heavy atom. The molecular weight excluding hydrogens is 304 g/mol. The van der Waals surface area contributed by atoms with Crippen LogP contribution in [0.2, 0.25) is 0 Å². The van der Waals surface area contributed by atoms with Gasteiger partial charge in [0.05, 0.1) is 11.0 Å². The largest absolute Gasteiger partial charge is 0.334 e. The summed E-state index contributed by atoms with van der Waals surface area (Å²) in [6.45, 7) is 0. The van der Waals surface area contributed by atoms with E-state index in [-0.39, 0.29) is 17.8 Å². The van der Waals surface area contributed by atoms with Crippen molar-refractivity contribution in [1.29, 1.82) is 0 Å². The Balaban J connectivity index is 1.62. The number of carbonyl (C=O) groups is 1. The van der Waals surface area contributed by atoms with E-state index in [4.69, 9.17) is 0 Å². The SMILES string of the molecule is CN(C(=O)n1c(=O)[nH]c2ccccc21)C1C[C@H]2CCC[C@@H](C1)N2C. The monoisotopic (exact) mass is 328 g/mol. The van der Waals surface area contributed by atoms with Crippen molar-refractivity contribution < 1.29 is 4.79 Å². The summed E-state index contributed by atoms with van der Waals surface area (Å²) in [4.78, 5) is 32.3. The summed E-state index contributed by atoms with van der Waals surface area (Å²) in [5, 5.41) is 0. The number of piperidine rings is 2. The molecular formula is C18H24N4O2. The normalized spacial score (nSPS) is 27.3.